The molecule has 1 aliphatic rings. The number of anilines is 1. The van der Waals surface area contributed by atoms with Gasteiger partial charge in [-0.3, -0.25) is 14.5 Å². The summed E-state index contributed by atoms with van der Waals surface area (Å²) in [6.07, 6.45) is 3.67. The Morgan fingerprint density at radius 2 is 2.04 bits per heavy atom. The summed E-state index contributed by atoms with van der Waals surface area (Å²) in [5.74, 6) is -0.294. The van der Waals surface area contributed by atoms with Crippen LogP contribution in [0.3, 0.4) is 0 Å². The standard InChI is InChI=1S/C18H18FN5O/c1-23-16(25)10-14(18(23)15-7-9-21-24(15)2)22-13-6-8-20-17-11(13)4-3-5-12(17)19/h3-9,14,18H,10H2,1-2H3,(H,20,22)/t14-,18-/m1/s1. The van der Waals surface area contributed by atoms with Crippen LogP contribution in [0.1, 0.15) is 18.2 Å². The van der Waals surface area contributed by atoms with E-state index in [2.05, 4.69) is 15.4 Å². The molecule has 1 aliphatic heterocycles. The lowest BCUT2D eigenvalue weighted by atomic mass is 10.0. The molecular weight excluding hydrogens is 321 g/mol. The van der Waals surface area contributed by atoms with Gasteiger partial charge in [-0.2, -0.15) is 5.10 Å². The number of para-hydroxylation sites is 1. The number of likely N-dealkylation sites (tertiary alicyclic amines) is 1. The molecule has 1 saturated heterocycles. The van der Waals surface area contributed by atoms with Gasteiger partial charge in [0, 0.05) is 44.0 Å². The number of hydrogen-bond acceptors (Lipinski definition) is 4. The molecule has 25 heavy (non-hydrogen) atoms. The third-order valence-corrected chi connectivity index (χ3v) is 4.81. The van der Waals surface area contributed by atoms with Gasteiger partial charge in [-0.05, 0) is 18.2 Å². The zero-order valence-electron chi connectivity index (χ0n) is 14.0. The number of benzene rings is 1. The number of hydrogen-bond donors (Lipinski definition) is 1. The average Bonchev–Trinajstić information content (AvgIpc) is 3.12. The van der Waals surface area contributed by atoms with E-state index in [-0.39, 0.29) is 23.8 Å². The fourth-order valence-corrected chi connectivity index (χ4v) is 3.54. The van der Waals surface area contributed by atoms with E-state index in [0.29, 0.717) is 17.3 Å². The van der Waals surface area contributed by atoms with E-state index in [1.807, 2.05) is 25.2 Å². The van der Waals surface area contributed by atoms with E-state index in [1.54, 1.807) is 35.1 Å². The van der Waals surface area contributed by atoms with Crippen molar-refractivity contribution in [1.82, 2.24) is 19.7 Å². The number of amides is 1. The lowest BCUT2D eigenvalue weighted by Gasteiger charge is -2.26. The lowest BCUT2D eigenvalue weighted by Crippen LogP contribution is -2.31. The summed E-state index contributed by atoms with van der Waals surface area (Å²) in [5, 5.41) is 8.34. The van der Waals surface area contributed by atoms with Gasteiger partial charge in [0.25, 0.3) is 0 Å². The number of carbonyl (C=O) groups excluding carboxylic acids is 1. The van der Waals surface area contributed by atoms with Crippen molar-refractivity contribution in [3.8, 4) is 0 Å². The van der Waals surface area contributed by atoms with Crippen molar-refractivity contribution in [1.29, 1.82) is 0 Å². The number of aryl methyl sites for hydroxylation is 1. The van der Waals surface area contributed by atoms with Gasteiger partial charge in [0.05, 0.1) is 17.8 Å². The molecule has 1 amide bonds. The van der Waals surface area contributed by atoms with Gasteiger partial charge >= 0.3 is 0 Å². The van der Waals surface area contributed by atoms with Gasteiger partial charge in [0.15, 0.2) is 0 Å². The number of nitrogens with one attached hydrogen (secondary N) is 1. The van der Waals surface area contributed by atoms with Crippen LogP contribution in [0.2, 0.25) is 0 Å². The van der Waals surface area contributed by atoms with Crippen LogP contribution in [0.25, 0.3) is 10.9 Å². The van der Waals surface area contributed by atoms with Crippen molar-refractivity contribution >= 4 is 22.5 Å². The molecule has 0 unspecified atom stereocenters. The van der Waals surface area contributed by atoms with Crippen LogP contribution in [-0.4, -0.2) is 38.7 Å². The van der Waals surface area contributed by atoms with Gasteiger partial charge < -0.3 is 10.2 Å². The van der Waals surface area contributed by atoms with E-state index in [0.717, 1.165) is 11.4 Å². The Hall–Kier alpha value is -2.96. The predicted octanol–water partition coefficient (Wildman–Crippen LogP) is 2.49. The molecule has 0 radical (unpaired) electrons. The maximum Gasteiger partial charge on any atom is 0.225 e. The summed E-state index contributed by atoms with van der Waals surface area (Å²) >= 11 is 0. The van der Waals surface area contributed by atoms with Crippen LogP contribution < -0.4 is 5.32 Å². The van der Waals surface area contributed by atoms with Gasteiger partial charge in [0.2, 0.25) is 5.91 Å². The first-order chi connectivity index (χ1) is 12.1. The van der Waals surface area contributed by atoms with E-state index in [1.165, 1.54) is 6.07 Å². The number of carbonyl (C=O) groups is 1. The minimum absolute atomic E-state index is 0.0632. The summed E-state index contributed by atoms with van der Waals surface area (Å²) in [6, 6.07) is 8.33. The maximum absolute atomic E-state index is 14.0. The smallest absolute Gasteiger partial charge is 0.225 e. The highest BCUT2D eigenvalue weighted by molar-refractivity contribution is 5.92. The topological polar surface area (TPSA) is 63.1 Å². The second-order valence-electron chi connectivity index (χ2n) is 6.28. The second kappa shape index (κ2) is 5.84. The van der Waals surface area contributed by atoms with Crippen LogP contribution in [0.5, 0.6) is 0 Å². The number of rotatable bonds is 3. The fourth-order valence-electron chi connectivity index (χ4n) is 3.54. The molecule has 1 fully saturated rings. The quantitative estimate of drug-likeness (QED) is 0.796. The Morgan fingerprint density at radius 3 is 2.80 bits per heavy atom. The first-order valence-electron chi connectivity index (χ1n) is 8.09. The van der Waals surface area contributed by atoms with Crippen molar-refractivity contribution in [2.45, 2.75) is 18.5 Å². The zero-order valence-corrected chi connectivity index (χ0v) is 14.0. The molecule has 3 aromatic rings. The molecule has 128 valence electrons. The molecule has 4 rings (SSSR count). The van der Waals surface area contributed by atoms with E-state index in [9.17, 15) is 9.18 Å². The third kappa shape index (κ3) is 2.52. The molecule has 1 aromatic carbocycles. The number of halogens is 1. The SMILES string of the molecule is CN1C(=O)C[C@@H](Nc2ccnc3c(F)cccc23)[C@@H]1c1ccnn1C. The first kappa shape index (κ1) is 15.6. The van der Waals surface area contributed by atoms with Crippen molar-refractivity contribution in [3.05, 3.63) is 54.2 Å². The first-order valence-corrected chi connectivity index (χ1v) is 8.09. The normalized spacial score (nSPS) is 20.4. The molecule has 1 N–H and O–H groups in total. The fraction of sp³-hybridized carbons (Fsp3) is 0.278. The second-order valence-corrected chi connectivity index (χ2v) is 6.28. The Balaban J connectivity index is 1.74. The number of pyridine rings is 1. The average molecular weight is 339 g/mol. The number of aromatic nitrogens is 3. The molecule has 0 saturated carbocycles. The van der Waals surface area contributed by atoms with Crippen molar-refractivity contribution in [2.24, 2.45) is 7.05 Å². The summed E-state index contributed by atoms with van der Waals surface area (Å²) in [7, 11) is 3.66. The molecule has 6 nitrogen and oxygen atoms in total. The number of likely N-dealkylation sites (N-methyl/N-ethyl adjacent to an activating group) is 1. The van der Waals surface area contributed by atoms with Crippen LogP contribution >= 0.6 is 0 Å². The Kier molecular flexibility index (Phi) is 3.63. The maximum atomic E-state index is 14.0. The Labute approximate surface area is 144 Å². The number of nitrogens with zero attached hydrogens (tertiary/aromatic N) is 4. The predicted molar refractivity (Wildman–Crippen MR) is 92.4 cm³/mol. The molecule has 0 bridgehead atoms. The molecule has 7 heteroatoms. The molecule has 0 aliphatic carbocycles. The van der Waals surface area contributed by atoms with Gasteiger partial charge in [0.1, 0.15) is 11.3 Å². The minimum atomic E-state index is -0.357. The van der Waals surface area contributed by atoms with Crippen molar-refractivity contribution in [2.75, 3.05) is 12.4 Å². The zero-order chi connectivity index (χ0) is 17.6. The molecule has 0 spiro atoms. The molecular formula is C18H18FN5O. The summed E-state index contributed by atoms with van der Waals surface area (Å²) in [5.41, 5.74) is 2.04. The van der Waals surface area contributed by atoms with Crippen LogP contribution in [0.4, 0.5) is 10.1 Å². The molecule has 3 heterocycles. The minimum Gasteiger partial charge on any atom is -0.379 e. The van der Waals surface area contributed by atoms with Gasteiger partial charge in [-0.25, -0.2) is 4.39 Å². The largest absolute Gasteiger partial charge is 0.379 e. The summed E-state index contributed by atoms with van der Waals surface area (Å²) < 4.78 is 15.8. The van der Waals surface area contributed by atoms with Crippen LogP contribution in [0, 0.1) is 5.82 Å². The highest BCUT2D eigenvalue weighted by Gasteiger charge is 2.40. The monoisotopic (exact) mass is 339 g/mol. The highest BCUT2D eigenvalue weighted by atomic mass is 19.1. The van der Waals surface area contributed by atoms with E-state index < -0.39 is 0 Å². The van der Waals surface area contributed by atoms with Crippen molar-refractivity contribution in [3.63, 3.8) is 0 Å². The lowest BCUT2D eigenvalue weighted by molar-refractivity contribution is -0.127. The number of fused-ring (bicyclic) bond motifs is 1. The summed E-state index contributed by atoms with van der Waals surface area (Å²) in [6.45, 7) is 0. The van der Waals surface area contributed by atoms with E-state index >= 15 is 0 Å². The molecule has 2 aromatic heterocycles. The van der Waals surface area contributed by atoms with Gasteiger partial charge in [-0.1, -0.05) is 12.1 Å². The Bertz CT molecular complexity index is 954. The Morgan fingerprint density at radius 1 is 1.20 bits per heavy atom. The highest BCUT2D eigenvalue weighted by Crippen LogP contribution is 2.35. The van der Waals surface area contributed by atoms with Gasteiger partial charge in [-0.15, -0.1) is 0 Å². The van der Waals surface area contributed by atoms with Crippen molar-refractivity contribution < 1.29 is 9.18 Å². The van der Waals surface area contributed by atoms with E-state index in [4.69, 9.17) is 0 Å². The van der Waals surface area contributed by atoms with Crippen LogP contribution in [0.15, 0.2) is 42.7 Å². The summed E-state index contributed by atoms with van der Waals surface area (Å²) in [4.78, 5) is 18.2. The molecule has 2 atom stereocenters. The van der Waals surface area contributed by atoms with Crippen LogP contribution in [-0.2, 0) is 11.8 Å². The third-order valence-electron chi connectivity index (χ3n) is 4.81.